The van der Waals surface area contributed by atoms with Gasteiger partial charge in [-0.05, 0) is 45.0 Å². The molecule has 0 saturated carbocycles. The minimum atomic E-state index is -3.92. The number of ether oxygens (including phenoxy) is 3. The summed E-state index contributed by atoms with van der Waals surface area (Å²) in [6, 6.07) is 8.27. The van der Waals surface area contributed by atoms with Crippen molar-refractivity contribution in [2.45, 2.75) is 31.2 Å². The van der Waals surface area contributed by atoms with Gasteiger partial charge in [0.05, 0.1) is 9.82 Å². The molecule has 3 rings (SSSR count). The lowest BCUT2D eigenvalue weighted by Crippen LogP contribution is -2.40. The van der Waals surface area contributed by atoms with Crippen LogP contribution in [0.15, 0.2) is 41.3 Å². The zero-order chi connectivity index (χ0) is 20.5. The van der Waals surface area contributed by atoms with Gasteiger partial charge in [-0.25, -0.2) is 13.1 Å². The van der Waals surface area contributed by atoms with Gasteiger partial charge in [-0.3, -0.25) is 10.1 Å². The summed E-state index contributed by atoms with van der Waals surface area (Å²) >= 11 is 0. The molecule has 150 valence electrons. The highest BCUT2D eigenvalue weighted by molar-refractivity contribution is 7.89. The first kappa shape index (κ1) is 19.9. The molecule has 10 heteroatoms. The van der Waals surface area contributed by atoms with Gasteiger partial charge in [0.25, 0.3) is 0 Å². The van der Waals surface area contributed by atoms with Crippen molar-refractivity contribution in [3.8, 4) is 23.0 Å². The van der Waals surface area contributed by atoms with Crippen molar-refractivity contribution in [1.29, 1.82) is 0 Å². The molecule has 2 aromatic rings. The van der Waals surface area contributed by atoms with Crippen molar-refractivity contribution in [3.63, 3.8) is 0 Å². The van der Waals surface area contributed by atoms with E-state index in [1.807, 2.05) is 0 Å². The van der Waals surface area contributed by atoms with Crippen LogP contribution >= 0.6 is 0 Å². The number of hydrogen-bond acceptors (Lipinski definition) is 7. The zero-order valence-electron chi connectivity index (χ0n) is 15.6. The second-order valence-electron chi connectivity index (χ2n) is 7.15. The summed E-state index contributed by atoms with van der Waals surface area (Å²) < 4.78 is 43.9. The number of fused-ring (bicyclic) bond motifs is 1. The van der Waals surface area contributed by atoms with Gasteiger partial charge in [-0.2, -0.15) is 0 Å². The Morgan fingerprint density at radius 1 is 1.07 bits per heavy atom. The third-order valence-electron chi connectivity index (χ3n) is 3.62. The Balaban J connectivity index is 1.93. The van der Waals surface area contributed by atoms with E-state index in [2.05, 4.69) is 4.72 Å². The van der Waals surface area contributed by atoms with Crippen LogP contribution in [0.4, 0.5) is 5.69 Å². The van der Waals surface area contributed by atoms with Gasteiger partial charge >= 0.3 is 5.69 Å². The van der Waals surface area contributed by atoms with Gasteiger partial charge in [-0.1, -0.05) is 0 Å². The number of nitrogens with zero attached hydrogens (tertiary/aromatic N) is 1. The normalized spacial score (nSPS) is 13.8. The first-order valence-electron chi connectivity index (χ1n) is 8.45. The highest BCUT2D eigenvalue weighted by Crippen LogP contribution is 2.38. The Morgan fingerprint density at radius 2 is 1.75 bits per heavy atom. The second-order valence-corrected chi connectivity index (χ2v) is 8.83. The molecule has 0 unspecified atom stereocenters. The summed E-state index contributed by atoms with van der Waals surface area (Å²) in [6.07, 6.45) is 0. The molecule has 28 heavy (non-hydrogen) atoms. The maximum absolute atomic E-state index is 12.4. The van der Waals surface area contributed by atoms with E-state index < -0.39 is 26.2 Å². The first-order valence-corrected chi connectivity index (χ1v) is 9.93. The predicted octanol–water partition coefficient (Wildman–Crippen LogP) is 3.24. The Hall–Kier alpha value is -2.85. The molecule has 1 N–H and O–H groups in total. The molecule has 1 aliphatic rings. The SMILES string of the molecule is CC(C)(C)NS(=O)(=O)c1ccc(Oc2ccc3c(c2)OCCO3)c([N+](=O)[O-])c1. The Morgan fingerprint density at radius 3 is 2.39 bits per heavy atom. The monoisotopic (exact) mass is 408 g/mol. The van der Waals surface area contributed by atoms with Crippen LogP contribution in [-0.2, 0) is 10.0 Å². The van der Waals surface area contributed by atoms with Gasteiger partial charge in [0.15, 0.2) is 11.5 Å². The summed E-state index contributed by atoms with van der Waals surface area (Å²) in [6.45, 7) is 5.87. The number of nitro groups is 1. The maximum atomic E-state index is 12.4. The Kier molecular flexibility index (Phi) is 5.18. The zero-order valence-corrected chi connectivity index (χ0v) is 16.4. The van der Waals surface area contributed by atoms with E-state index in [9.17, 15) is 18.5 Å². The first-order chi connectivity index (χ1) is 13.0. The fourth-order valence-corrected chi connectivity index (χ4v) is 4.01. The van der Waals surface area contributed by atoms with Crippen molar-refractivity contribution in [2.24, 2.45) is 0 Å². The van der Waals surface area contributed by atoms with E-state index in [-0.39, 0.29) is 10.6 Å². The maximum Gasteiger partial charge on any atom is 0.312 e. The molecule has 0 amide bonds. The van der Waals surface area contributed by atoms with Crippen LogP contribution in [0.3, 0.4) is 0 Å². The van der Waals surface area contributed by atoms with E-state index in [1.54, 1.807) is 39.0 Å². The molecule has 9 nitrogen and oxygen atoms in total. The van der Waals surface area contributed by atoms with Crippen molar-refractivity contribution in [3.05, 3.63) is 46.5 Å². The topological polar surface area (TPSA) is 117 Å². The molecular weight excluding hydrogens is 388 g/mol. The second kappa shape index (κ2) is 7.28. The number of sulfonamides is 1. The van der Waals surface area contributed by atoms with E-state index in [0.29, 0.717) is 30.5 Å². The number of rotatable bonds is 5. The van der Waals surface area contributed by atoms with Crippen LogP contribution in [0.1, 0.15) is 20.8 Å². The number of nitro benzene ring substituents is 1. The molecule has 1 heterocycles. The molecule has 0 fully saturated rings. The van der Waals surface area contributed by atoms with Crippen molar-refractivity contribution < 1.29 is 27.6 Å². The summed E-state index contributed by atoms with van der Waals surface area (Å²) in [5, 5.41) is 11.5. The molecule has 0 bridgehead atoms. The van der Waals surface area contributed by atoms with Crippen LogP contribution in [0, 0.1) is 10.1 Å². The van der Waals surface area contributed by atoms with Crippen LogP contribution in [0.2, 0.25) is 0 Å². The summed E-state index contributed by atoms with van der Waals surface area (Å²) in [5.74, 6) is 1.25. The number of hydrogen-bond donors (Lipinski definition) is 1. The number of benzene rings is 2. The van der Waals surface area contributed by atoms with Crippen LogP contribution < -0.4 is 18.9 Å². The predicted molar refractivity (Wildman–Crippen MR) is 101 cm³/mol. The van der Waals surface area contributed by atoms with Crippen LogP contribution in [0.25, 0.3) is 0 Å². The standard InChI is InChI=1S/C18H20N2O7S/c1-18(2,3)19-28(23,24)13-5-7-15(14(11-13)20(21)22)27-12-4-6-16-17(10-12)26-9-8-25-16/h4-7,10-11,19H,8-9H2,1-3H3. The molecule has 0 aliphatic carbocycles. The van der Waals surface area contributed by atoms with Crippen molar-refractivity contribution in [2.75, 3.05) is 13.2 Å². The lowest BCUT2D eigenvalue weighted by Gasteiger charge is -2.20. The smallest absolute Gasteiger partial charge is 0.312 e. The van der Waals surface area contributed by atoms with Crippen LogP contribution in [-0.4, -0.2) is 32.1 Å². The van der Waals surface area contributed by atoms with Gasteiger partial charge in [-0.15, -0.1) is 0 Å². The summed E-state index contributed by atoms with van der Waals surface area (Å²) in [4.78, 5) is 10.6. The molecule has 1 aliphatic heterocycles. The molecular formula is C18H20N2O7S. The summed E-state index contributed by atoms with van der Waals surface area (Å²) in [5.41, 5.74) is -1.19. The lowest BCUT2D eigenvalue weighted by molar-refractivity contribution is -0.385. The lowest BCUT2D eigenvalue weighted by atomic mass is 10.1. The Labute approximate surface area is 162 Å². The Bertz CT molecular complexity index is 1010. The quantitative estimate of drug-likeness (QED) is 0.596. The fourth-order valence-electron chi connectivity index (χ4n) is 2.57. The molecule has 0 atom stereocenters. The van der Waals surface area contributed by atoms with E-state index in [4.69, 9.17) is 14.2 Å². The van der Waals surface area contributed by atoms with Gasteiger partial charge in [0.1, 0.15) is 19.0 Å². The average Bonchev–Trinajstić information content (AvgIpc) is 2.59. The molecule has 0 radical (unpaired) electrons. The van der Waals surface area contributed by atoms with Gasteiger partial charge in [0.2, 0.25) is 15.8 Å². The minimum absolute atomic E-state index is 0.0867. The van der Waals surface area contributed by atoms with Gasteiger partial charge < -0.3 is 14.2 Å². The molecule has 2 aromatic carbocycles. The van der Waals surface area contributed by atoms with Crippen molar-refractivity contribution in [1.82, 2.24) is 4.72 Å². The molecule has 0 spiro atoms. The highest BCUT2D eigenvalue weighted by Gasteiger charge is 2.26. The number of nitrogens with one attached hydrogen (secondary N) is 1. The third-order valence-corrected chi connectivity index (χ3v) is 5.38. The third kappa shape index (κ3) is 4.52. The van der Waals surface area contributed by atoms with E-state index >= 15 is 0 Å². The highest BCUT2D eigenvalue weighted by atomic mass is 32.2. The van der Waals surface area contributed by atoms with E-state index in [0.717, 1.165) is 6.07 Å². The van der Waals surface area contributed by atoms with Gasteiger partial charge in [0, 0.05) is 17.7 Å². The minimum Gasteiger partial charge on any atom is -0.486 e. The molecule has 0 saturated heterocycles. The van der Waals surface area contributed by atoms with Crippen molar-refractivity contribution >= 4 is 15.7 Å². The average molecular weight is 408 g/mol. The van der Waals surface area contributed by atoms with E-state index in [1.165, 1.54) is 12.1 Å². The molecule has 0 aromatic heterocycles. The summed E-state index contributed by atoms with van der Waals surface area (Å²) in [7, 11) is -3.92. The largest absolute Gasteiger partial charge is 0.486 e. The fraction of sp³-hybridized carbons (Fsp3) is 0.333. The van der Waals surface area contributed by atoms with Crippen LogP contribution in [0.5, 0.6) is 23.0 Å².